The number of hydrogen-bond acceptors (Lipinski definition) is 3. The molecule has 0 aromatic heterocycles. The average Bonchev–Trinajstić information content (AvgIpc) is 2.64. The zero-order chi connectivity index (χ0) is 19.4. The van der Waals surface area contributed by atoms with Gasteiger partial charge in [0.1, 0.15) is 5.75 Å². The average molecular weight is 382 g/mol. The van der Waals surface area contributed by atoms with Gasteiger partial charge < -0.3 is 20.7 Å². The van der Waals surface area contributed by atoms with Crippen molar-refractivity contribution in [2.45, 2.75) is 26.8 Å². The van der Waals surface area contributed by atoms with Gasteiger partial charge in [-0.2, -0.15) is 0 Å². The van der Waals surface area contributed by atoms with Crippen LogP contribution in [0.3, 0.4) is 0 Å². The fraction of sp³-hybridized carbons (Fsp3) is 0.238. The van der Waals surface area contributed by atoms with Gasteiger partial charge in [0.2, 0.25) is 0 Å². The molecule has 6 heteroatoms. The number of carbonyl (C=O) groups excluding carboxylic acids is 1. The summed E-state index contributed by atoms with van der Waals surface area (Å²) in [6.45, 7) is 6.38. The van der Waals surface area contributed by atoms with Crippen LogP contribution in [0, 0.1) is 6.92 Å². The van der Waals surface area contributed by atoms with E-state index in [4.69, 9.17) is 17.0 Å². The van der Waals surface area contributed by atoms with Crippen LogP contribution in [-0.2, 0) is 4.79 Å². The smallest absolute Gasteiger partial charge is 0.255 e. The number of allylic oxidation sites excluding steroid dienone is 1. The molecule has 1 aliphatic heterocycles. The summed E-state index contributed by atoms with van der Waals surface area (Å²) in [5.41, 5.74) is 4.09. The van der Waals surface area contributed by atoms with Crippen LogP contribution < -0.4 is 20.7 Å². The van der Waals surface area contributed by atoms with Crippen molar-refractivity contribution in [3.8, 4) is 5.75 Å². The summed E-state index contributed by atoms with van der Waals surface area (Å²) in [7, 11) is 0. The molecule has 0 saturated heterocycles. The Balaban J connectivity index is 1.91. The molecular weight excluding hydrogens is 358 g/mol. The van der Waals surface area contributed by atoms with Gasteiger partial charge in [-0.15, -0.1) is 0 Å². The predicted octanol–water partition coefficient (Wildman–Crippen LogP) is 3.83. The lowest BCUT2D eigenvalue weighted by molar-refractivity contribution is -0.113. The number of benzene rings is 2. The fourth-order valence-electron chi connectivity index (χ4n) is 3.07. The van der Waals surface area contributed by atoms with Crippen molar-refractivity contribution in [2.24, 2.45) is 0 Å². The van der Waals surface area contributed by atoms with Crippen LogP contribution in [0.2, 0.25) is 0 Å². The molecule has 27 heavy (non-hydrogen) atoms. The monoisotopic (exact) mass is 381 g/mol. The number of anilines is 1. The quantitative estimate of drug-likeness (QED) is 0.687. The topological polar surface area (TPSA) is 62.4 Å². The van der Waals surface area contributed by atoms with E-state index in [9.17, 15) is 4.79 Å². The second-order valence-electron chi connectivity index (χ2n) is 6.34. The Morgan fingerprint density at radius 2 is 1.85 bits per heavy atom. The minimum atomic E-state index is -0.335. The lowest BCUT2D eigenvalue weighted by Gasteiger charge is -2.30. The van der Waals surface area contributed by atoms with Gasteiger partial charge in [-0.1, -0.05) is 30.3 Å². The molecule has 2 aromatic rings. The molecule has 3 N–H and O–H groups in total. The van der Waals surface area contributed by atoms with Crippen LogP contribution in [0.5, 0.6) is 5.75 Å². The van der Waals surface area contributed by atoms with E-state index in [0.717, 1.165) is 28.3 Å². The maximum absolute atomic E-state index is 13.1. The standard InChI is InChI=1S/C21H23N3O2S/c1-4-26-16-11-9-15(10-12-16)19-18(14(3)22-21(27)24-19)20(25)23-17-8-6-5-7-13(17)2/h5-12,19H,4H2,1-3H3,(H,23,25)(H2,22,24,27). The minimum absolute atomic E-state index is 0.164. The first-order valence-corrected chi connectivity index (χ1v) is 9.28. The summed E-state index contributed by atoms with van der Waals surface area (Å²) in [4.78, 5) is 13.1. The van der Waals surface area contributed by atoms with Crippen molar-refractivity contribution in [1.82, 2.24) is 10.6 Å². The van der Waals surface area contributed by atoms with Crippen molar-refractivity contribution in [1.29, 1.82) is 0 Å². The second-order valence-corrected chi connectivity index (χ2v) is 6.75. The number of amides is 1. The normalized spacial score (nSPS) is 16.4. The third kappa shape index (κ3) is 4.28. The molecule has 1 aliphatic rings. The highest BCUT2D eigenvalue weighted by molar-refractivity contribution is 7.80. The summed E-state index contributed by atoms with van der Waals surface area (Å²) in [5, 5.41) is 9.77. The highest BCUT2D eigenvalue weighted by Gasteiger charge is 2.30. The maximum Gasteiger partial charge on any atom is 0.255 e. The lowest BCUT2D eigenvalue weighted by atomic mass is 9.94. The molecule has 0 spiro atoms. The van der Waals surface area contributed by atoms with Gasteiger partial charge in [-0.25, -0.2) is 0 Å². The SMILES string of the molecule is CCOc1ccc(C2NC(=S)NC(C)=C2C(=O)Nc2ccccc2C)cc1. The molecule has 140 valence electrons. The maximum atomic E-state index is 13.1. The molecule has 1 atom stereocenters. The Kier molecular flexibility index (Phi) is 5.76. The minimum Gasteiger partial charge on any atom is -0.494 e. The van der Waals surface area contributed by atoms with E-state index in [1.54, 1.807) is 0 Å². The van der Waals surface area contributed by atoms with Crippen molar-refractivity contribution in [3.05, 3.63) is 70.9 Å². The molecule has 3 rings (SSSR count). The number of thiocarbonyl (C=S) groups is 1. The number of aryl methyl sites for hydroxylation is 1. The van der Waals surface area contributed by atoms with Crippen LogP contribution in [0.15, 0.2) is 59.8 Å². The van der Waals surface area contributed by atoms with Gasteiger partial charge in [-0.05, 0) is 62.3 Å². The molecule has 0 bridgehead atoms. The summed E-state index contributed by atoms with van der Waals surface area (Å²) in [6, 6.07) is 15.1. The van der Waals surface area contributed by atoms with Gasteiger partial charge in [0.05, 0.1) is 18.2 Å². The molecule has 1 heterocycles. The Morgan fingerprint density at radius 1 is 1.15 bits per heavy atom. The molecule has 0 fully saturated rings. The summed E-state index contributed by atoms with van der Waals surface area (Å²) in [6.07, 6.45) is 0. The van der Waals surface area contributed by atoms with Gasteiger partial charge >= 0.3 is 0 Å². The number of carbonyl (C=O) groups is 1. The van der Waals surface area contributed by atoms with Gasteiger partial charge in [0, 0.05) is 11.4 Å². The highest BCUT2D eigenvalue weighted by atomic mass is 32.1. The molecular formula is C21H23N3O2S. The molecule has 1 amide bonds. The third-order valence-electron chi connectivity index (χ3n) is 4.43. The largest absolute Gasteiger partial charge is 0.494 e. The fourth-order valence-corrected chi connectivity index (χ4v) is 3.34. The van der Waals surface area contributed by atoms with E-state index >= 15 is 0 Å². The molecule has 0 saturated carbocycles. The van der Waals surface area contributed by atoms with Crippen LogP contribution in [-0.4, -0.2) is 17.6 Å². The van der Waals surface area contributed by atoms with E-state index in [1.807, 2.05) is 69.3 Å². The lowest BCUT2D eigenvalue weighted by Crippen LogP contribution is -2.45. The van der Waals surface area contributed by atoms with E-state index in [2.05, 4.69) is 16.0 Å². The highest BCUT2D eigenvalue weighted by Crippen LogP contribution is 2.29. The first-order chi connectivity index (χ1) is 13.0. The van der Waals surface area contributed by atoms with Gasteiger partial charge in [-0.3, -0.25) is 4.79 Å². The van der Waals surface area contributed by atoms with Crippen molar-refractivity contribution < 1.29 is 9.53 Å². The summed E-state index contributed by atoms with van der Waals surface area (Å²) < 4.78 is 5.51. The molecule has 0 aliphatic carbocycles. The number of para-hydroxylation sites is 1. The van der Waals surface area contributed by atoms with Gasteiger partial charge in [0.15, 0.2) is 5.11 Å². The molecule has 0 radical (unpaired) electrons. The Labute approximate surface area is 164 Å². The zero-order valence-electron chi connectivity index (χ0n) is 15.6. The van der Waals surface area contributed by atoms with Crippen molar-refractivity contribution in [3.63, 3.8) is 0 Å². The molecule has 5 nitrogen and oxygen atoms in total. The van der Waals surface area contributed by atoms with Crippen molar-refractivity contribution in [2.75, 3.05) is 11.9 Å². The number of rotatable bonds is 5. The van der Waals surface area contributed by atoms with Crippen LogP contribution in [0.25, 0.3) is 0 Å². The zero-order valence-corrected chi connectivity index (χ0v) is 16.4. The van der Waals surface area contributed by atoms with Gasteiger partial charge in [0.25, 0.3) is 5.91 Å². The number of ether oxygens (including phenoxy) is 1. The number of nitrogens with one attached hydrogen (secondary N) is 3. The molecule has 1 unspecified atom stereocenters. The molecule has 2 aromatic carbocycles. The first kappa shape index (κ1) is 18.9. The first-order valence-electron chi connectivity index (χ1n) is 8.87. The van der Waals surface area contributed by atoms with E-state index < -0.39 is 0 Å². The van der Waals surface area contributed by atoms with E-state index in [1.165, 1.54) is 0 Å². The van der Waals surface area contributed by atoms with Crippen molar-refractivity contribution >= 4 is 28.9 Å². The van der Waals surface area contributed by atoms with E-state index in [-0.39, 0.29) is 11.9 Å². The van der Waals surface area contributed by atoms with E-state index in [0.29, 0.717) is 17.3 Å². The predicted molar refractivity (Wildman–Crippen MR) is 112 cm³/mol. The Morgan fingerprint density at radius 3 is 2.52 bits per heavy atom. The Hall–Kier alpha value is -2.86. The Bertz CT molecular complexity index is 891. The summed E-state index contributed by atoms with van der Waals surface area (Å²) >= 11 is 5.30. The summed E-state index contributed by atoms with van der Waals surface area (Å²) in [5.74, 6) is 0.632. The van der Waals surface area contributed by atoms with Crippen LogP contribution in [0.1, 0.15) is 31.0 Å². The second kappa shape index (κ2) is 8.22. The van der Waals surface area contributed by atoms with Crippen LogP contribution >= 0.6 is 12.2 Å². The third-order valence-corrected chi connectivity index (χ3v) is 4.65. The number of hydrogen-bond donors (Lipinski definition) is 3. The van der Waals surface area contributed by atoms with Crippen LogP contribution in [0.4, 0.5) is 5.69 Å².